The van der Waals surface area contributed by atoms with Crippen molar-refractivity contribution in [2.45, 2.75) is 13.8 Å². The zero-order chi connectivity index (χ0) is 12.2. The quantitative estimate of drug-likeness (QED) is 0.697. The highest BCUT2D eigenvalue weighted by atomic mass is 32.2. The summed E-state index contributed by atoms with van der Waals surface area (Å²) in [6.45, 7) is 4.96. The average Bonchev–Trinajstić information content (AvgIpc) is 2.44. The van der Waals surface area contributed by atoms with Crippen LogP contribution in [0.15, 0.2) is 6.07 Å². The third-order valence-electron chi connectivity index (χ3n) is 2.06. The van der Waals surface area contributed by atoms with Gasteiger partial charge < -0.3 is 5.32 Å². The molecule has 0 aliphatic heterocycles. The van der Waals surface area contributed by atoms with Crippen LogP contribution in [-0.4, -0.2) is 37.0 Å². The molecule has 6 nitrogen and oxygen atoms in total. The third-order valence-corrected chi connectivity index (χ3v) is 3.32. The van der Waals surface area contributed by atoms with Crippen molar-refractivity contribution in [2.75, 3.05) is 23.6 Å². The summed E-state index contributed by atoms with van der Waals surface area (Å²) in [6.07, 6.45) is 0. The van der Waals surface area contributed by atoms with Gasteiger partial charge in [-0.05, 0) is 13.5 Å². The van der Waals surface area contributed by atoms with E-state index in [4.69, 9.17) is 0 Å². The number of rotatable bonds is 6. The van der Waals surface area contributed by atoms with Crippen LogP contribution in [0.25, 0.3) is 0 Å². The van der Waals surface area contributed by atoms with Gasteiger partial charge in [0.15, 0.2) is 0 Å². The van der Waals surface area contributed by atoms with E-state index in [0.29, 0.717) is 12.4 Å². The van der Waals surface area contributed by atoms with Gasteiger partial charge in [-0.1, -0.05) is 6.92 Å². The summed E-state index contributed by atoms with van der Waals surface area (Å²) >= 11 is 0. The molecule has 0 fully saturated rings. The number of anilines is 1. The standard InChI is InChI=1S/C9H18N4O2S/c1-4-10-5-6-16(14,15)12-9-7-8(2)11-13(9)3/h7,10,12H,4-6H2,1-3H3. The minimum Gasteiger partial charge on any atom is -0.316 e. The Morgan fingerprint density at radius 1 is 1.50 bits per heavy atom. The minimum absolute atomic E-state index is 0.0606. The predicted molar refractivity (Wildman–Crippen MR) is 63.9 cm³/mol. The fraction of sp³-hybridized carbons (Fsp3) is 0.667. The van der Waals surface area contributed by atoms with Crippen molar-refractivity contribution in [1.82, 2.24) is 15.1 Å². The number of hydrogen-bond donors (Lipinski definition) is 2. The van der Waals surface area contributed by atoms with Gasteiger partial charge in [-0.15, -0.1) is 0 Å². The second-order valence-corrected chi connectivity index (χ2v) is 5.41. The number of aryl methyl sites for hydroxylation is 2. The van der Waals surface area contributed by atoms with E-state index in [0.717, 1.165) is 12.2 Å². The smallest absolute Gasteiger partial charge is 0.235 e. The largest absolute Gasteiger partial charge is 0.316 e. The van der Waals surface area contributed by atoms with Crippen LogP contribution in [0.4, 0.5) is 5.82 Å². The van der Waals surface area contributed by atoms with Crippen LogP contribution in [0.2, 0.25) is 0 Å². The molecule has 0 spiro atoms. The molecule has 0 saturated heterocycles. The van der Waals surface area contributed by atoms with Crippen LogP contribution in [0.3, 0.4) is 0 Å². The van der Waals surface area contributed by atoms with Crippen LogP contribution >= 0.6 is 0 Å². The van der Waals surface area contributed by atoms with E-state index in [1.165, 1.54) is 4.68 Å². The molecule has 2 N–H and O–H groups in total. The van der Waals surface area contributed by atoms with Crippen LogP contribution in [0.5, 0.6) is 0 Å². The van der Waals surface area contributed by atoms with Gasteiger partial charge in [0.2, 0.25) is 10.0 Å². The molecular formula is C9H18N4O2S. The second-order valence-electron chi connectivity index (χ2n) is 3.57. The van der Waals surface area contributed by atoms with Crippen molar-refractivity contribution in [3.05, 3.63) is 11.8 Å². The summed E-state index contributed by atoms with van der Waals surface area (Å²) < 4.78 is 27.3. The highest BCUT2D eigenvalue weighted by Crippen LogP contribution is 2.09. The Kier molecular flexibility index (Phi) is 4.31. The van der Waals surface area contributed by atoms with Crippen molar-refractivity contribution >= 4 is 15.8 Å². The van der Waals surface area contributed by atoms with Crippen LogP contribution in [0.1, 0.15) is 12.6 Å². The normalized spacial score (nSPS) is 11.7. The Bertz CT molecular complexity index is 438. The molecule has 0 amide bonds. The van der Waals surface area contributed by atoms with Crippen LogP contribution in [0, 0.1) is 6.92 Å². The molecule has 0 aliphatic rings. The highest BCUT2D eigenvalue weighted by molar-refractivity contribution is 7.92. The first-order chi connectivity index (χ1) is 7.44. The maximum Gasteiger partial charge on any atom is 0.235 e. The van der Waals surface area contributed by atoms with Gasteiger partial charge in [0, 0.05) is 19.7 Å². The van der Waals surface area contributed by atoms with Crippen molar-refractivity contribution < 1.29 is 8.42 Å². The molecule has 1 aromatic heterocycles. The third kappa shape index (κ3) is 3.82. The Labute approximate surface area is 96.1 Å². The molecule has 1 aromatic rings. The van der Waals surface area contributed by atoms with Gasteiger partial charge in [-0.2, -0.15) is 5.10 Å². The molecule has 0 unspecified atom stereocenters. The summed E-state index contributed by atoms with van der Waals surface area (Å²) in [5, 5.41) is 7.03. The number of aromatic nitrogens is 2. The van der Waals surface area contributed by atoms with Crippen molar-refractivity contribution in [3.63, 3.8) is 0 Å². The Balaban J connectivity index is 2.62. The SMILES string of the molecule is CCNCCS(=O)(=O)Nc1cc(C)nn1C. The van der Waals surface area contributed by atoms with E-state index in [1.54, 1.807) is 13.1 Å². The lowest BCUT2D eigenvalue weighted by atomic mass is 10.5. The maximum atomic E-state index is 11.6. The maximum absolute atomic E-state index is 11.6. The number of sulfonamides is 1. The van der Waals surface area contributed by atoms with Crippen LogP contribution in [-0.2, 0) is 17.1 Å². The Hall–Kier alpha value is -1.08. The molecule has 7 heteroatoms. The van der Waals surface area contributed by atoms with Gasteiger partial charge >= 0.3 is 0 Å². The molecule has 0 saturated carbocycles. The van der Waals surface area contributed by atoms with Gasteiger partial charge in [-0.3, -0.25) is 9.40 Å². The first kappa shape index (κ1) is 13.0. The summed E-state index contributed by atoms with van der Waals surface area (Å²) in [5.74, 6) is 0.555. The van der Waals surface area contributed by atoms with Gasteiger partial charge in [0.05, 0.1) is 11.4 Å². The van der Waals surface area contributed by atoms with Gasteiger partial charge in [0.1, 0.15) is 5.82 Å². The molecule has 16 heavy (non-hydrogen) atoms. The van der Waals surface area contributed by atoms with E-state index >= 15 is 0 Å². The van der Waals surface area contributed by atoms with E-state index in [2.05, 4.69) is 15.1 Å². The van der Waals surface area contributed by atoms with E-state index in [9.17, 15) is 8.42 Å². The van der Waals surface area contributed by atoms with E-state index < -0.39 is 10.0 Å². The molecule has 92 valence electrons. The zero-order valence-electron chi connectivity index (χ0n) is 9.82. The van der Waals surface area contributed by atoms with E-state index in [1.807, 2.05) is 13.8 Å². The minimum atomic E-state index is -3.29. The van der Waals surface area contributed by atoms with E-state index in [-0.39, 0.29) is 5.75 Å². The highest BCUT2D eigenvalue weighted by Gasteiger charge is 2.12. The molecular weight excluding hydrogens is 228 g/mol. The fourth-order valence-corrected chi connectivity index (χ4v) is 2.32. The molecule has 0 aromatic carbocycles. The molecule has 1 rings (SSSR count). The summed E-state index contributed by atoms with van der Waals surface area (Å²) in [5.41, 5.74) is 0.784. The summed E-state index contributed by atoms with van der Waals surface area (Å²) in [6, 6.07) is 1.70. The van der Waals surface area contributed by atoms with Crippen molar-refractivity contribution in [2.24, 2.45) is 7.05 Å². The number of hydrogen-bond acceptors (Lipinski definition) is 4. The lowest BCUT2D eigenvalue weighted by molar-refractivity contribution is 0.596. The monoisotopic (exact) mass is 246 g/mol. The molecule has 0 radical (unpaired) electrons. The van der Waals surface area contributed by atoms with Crippen molar-refractivity contribution in [1.29, 1.82) is 0 Å². The Morgan fingerprint density at radius 3 is 2.69 bits per heavy atom. The molecule has 0 aliphatic carbocycles. The summed E-state index contributed by atoms with van der Waals surface area (Å²) in [7, 11) is -1.59. The topological polar surface area (TPSA) is 76.0 Å². The first-order valence-electron chi connectivity index (χ1n) is 5.16. The van der Waals surface area contributed by atoms with Gasteiger partial charge in [-0.25, -0.2) is 8.42 Å². The molecule has 0 atom stereocenters. The lowest BCUT2D eigenvalue weighted by Crippen LogP contribution is -2.27. The number of nitrogens with zero attached hydrogens (tertiary/aromatic N) is 2. The number of nitrogens with one attached hydrogen (secondary N) is 2. The predicted octanol–water partition coefficient (Wildman–Crippen LogP) is 0.0797. The lowest BCUT2D eigenvalue weighted by Gasteiger charge is -2.07. The summed E-state index contributed by atoms with van der Waals surface area (Å²) in [4.78, 5) is 0. The first-order valence-corrected chi connectivity index (χ1v) is 6.81. The molecule has 1 heterocycles. The van der Waals surface area contributed by atoms with Crippen molar-refractivity contribution in [3.8, 4) is 0 Å². The fourth-order valence-electron chi connectivity index (χ4n) is 1.30. The Morgan fingerprint density at radius 2 is 2.19 bits per heavy atom. The van der Waals surface area contributed by atoms with Gasteiger partial charge in [0.25, 0.3) is 0 Å². The second kappa shape index (κ2) is 5.31. The molecule has 0 bridgehead atoms. The average molecular weight is 246 g/mol. The van der Waals surface area contributed by atoms with Crippen LogP contribution < -0.4 is 10.0 Å². The zero-order valence-corrected chi connectivity index (χ0v) is 10.6.